The van der Waals surface area contributed by atoms with E-state index in [1.54, 1.807) is 36.4 Å². The van der Waals surface area contributed by atoms with E-state index in [-0.39, 0.29) is 18.7 Å². The number of nitrogens with one attached hydrogen (secondary N) is 1. The van der Waals surface area contributed by atoms with Crippen molar-refractivity contribution >= 4 is 17.8 Å². The van der Waals surface area contributed by atoms with E-state index in [4.69, 9.17) is 10.8 Å². The van der Waals surface area contributed by atoms with Crippen LogP contribution in [0.5, 0.6) is 0 Å². The Balaban J connectivity index is 2.12. The van der Waals surface area contributed by atoms with Crippen LogP contribution >= 0.6 is 0 Å². The molecule has 0 heterocycles. The summed E-state index contributed by atoms with van der Waals surface area (Å²) in [5, 5.41) is 20.9. The minimum Gasteiger partial charge on any atom is -0.503 e. The first-order chi connectivity index (χ1) is 13.2. The Hall–Kier alpha value is -3.68. The summed E-state index contributed by atoms with van der Waals surface area (Å²) in [6.45, 7) is 0. The second-order valence-corrected chi connectivity index (χ2v) is 6.11. The summed E-state index contributed by atoms with van der Waals surface area (Å²) in [7, 11) is 0. The second kappa shape index (κ2) is 9.31. The topological polar surface area (TPSA) is 130 Å². The van der Waals surface area contributed by atoms with Gasteiger partial charge in [-0.05, 0) is 35.2 Å². The first-order valence-electron chi connectivity index (χ1n) is 8.32. The molecule has 0 aromatic heterocycles. The van der Waals surface area contributed by atoms with Gasteiger partial charge in [0.2, 0.25) is 5.91 Å². The van der Waals surface area contributed by atoms with Crippen LogP contribution in [0, 0.1) is 5.82 Å². The van der Waals surface area contributed by atoms with Crippen LogP contribution in [0.15, 0.2) is 60.4 Å². The molecule has 0 saturated carbocycles. The smallest absolute Gasteiger partial charge is 0.305 e. The first-order valence-corrected chi connectivity index (χ1v) is 8.32. The number of hydrogen-bond acceptors (Lipinski definition) is 4. The zero-order valence-electron chi connectivity index (χ0n) is 14.8. The van der Waals surface area contributed by atoms with Crippen LogP contribution in [-0.2, 0) is 20.8 Å². The summed E-state index contributed by atoms with van der Waals surface area (Å²) >= 11 is 0. The van der Waals surface area contributed by atoms with Crippen molar-refractivity contribution in [3.8, 4) is 11.1 Å². The molecule has 0 saturated heterocycles. The lowest BCUT2D eigenvalue weighted by atomic mass is 9.99. The number of nitrogens with two attached hydrogens (primary N) is 1. The predicted molar refractivity (Wildman–Crippen MR) is 99.6 cm³/mol. The minimum atomic E-state index is -1.14. The van der Waals surface area contributed by atoms with Gasteiger partial charge in [-0.1, -0.05) is 36.4 Å². The Morgan fingerprint density at radius 1 is 1.07 bits per heavy atom. The molecule has 0 fully saturated rings. The molecule has 7 nitrogen and oxygen atoms in total. The number of amides is 2. The number of rotatable bonds is 8. The maximum absolute atomic E-state index is 13.3. The zero-order chi connectivity index (χ0) is 20.7. The molecule has 0 aliphatic carbocycles. The van der Waals surface area contributed by atoms with Crippen molar-refractivity contribution in [1.82, 2.24) is 5.32 Å². The number of halogens is 1. The molecule has 8 heteroatoms. The van der Waals surface area contributed by atoms with E-state index in [0.717, 1.165) is 11.1 Å². The summed E-state index contributed by atoms with van der Waals surface area (Å²) in [4.78, 5) is 33.7. The molecule has 28 heavy (non-hydrogen) atoms. The number of benzene rings is 2. The van der Waals surface area contributed by atoms with Crippen LogP contribution < -0.4 is 11.1 Å². The molecule has 0 unspecified atom stereocenters. The monoisotopic (exact) mass is 386 g/mol. The molecule has 0 spiro atoms. The number of primary amides is 1. The number of carboxylic acid groups (broad SMARTS) is 1. The van der Waals surface area contributed by atoms with Gasteiger partial charge in [0, 0.05) is 6.04 Å². The molecule has 0 aliphatic rings. The largest absolute Gasteiger partial charge is 0.503 e. The molecule has 2 rings (SSSR count). The van der Waals surface area contributed by atoms with Crippen molar-refractivity contribution in [3.63, 3.8) is 0 Å². The van der Waals surface area contributed by atoms with E-state index in [1.807, 2.05) is 0 Å². The third-order valence-corrected chi connectivity index (χ3v) is 3.86. The van der Waals surface area contributed by atoms with Gasteiger partial charge in [-0.3, -0.25) is 14.4 Å². The molecule has 2 aromatic rings. The summed E-state index contributed by atoms with van der Waals surface area (Å²) < 4.78 is 13.3. The highest BCUT2D eigenvalue weighted by molar-refractivity contribution is 5.98. The number of aliphatic hydroxyl groups is 1. The highest BCUT2D eigenvalue weighted by Gasteiger charge is 2.19. The molecule has 0 radical (unpaired) electrons. The number of aliphatic carboxylic acids is 1. The van der Waals surface area contributed by atoms with Crippen LogP contribution in [0.1, 0.15) is 12.0 Å². The van der Waals surface area contributed by atoms with Gasteiger partial charge in [-0.15, -0.1) is 0 Å². The average molecular weight is 386 g/mol. The molecule has 0 bridgehead atoms. The van der Waals surface area contributed by atoms with E-state index in [0.29, 0.717) is 11.6 Å². The van der Waals surface area contributed by atoms with Crippen LogP contribution in [0.3, 0.4) is 0 Å². The Kier molecular flexibility index (Phi) is 6.86. The van der Waals surface area contributed by atoms with Crippen molar-refractivity contribution < 1.29 is 29.0 Å². The fraction of sp³-hybridized carbons (Fsp3) is 0.150. The lowest BCUT2D eigenvalue weighted by Gasteiger charge is -2.17. The Morgan fingerprint density at radius 3 is 2.32 bits per heavy atom. The average Bonchev–Trinajstić information content (AvgIpc) is 2.61. The summed E-state index contributed by atoms with van der Waals surface area (Å²) in [6.07, 6.45) is 0.327. The van der Waals surface area contributed by atoms with Crippen LogP contribution in [-0.4, -0.2) is 34.0 Å². The summed E-state index contributed by atoms with van der Waals surface area (Å²) in [6, 6.07) is 12.3. The van der Waals surface area contributed by atoms with Gasteiger partial charge in [-0.2, -0.15) is 0 Å². The Labute approximate surface area is 160 Å². The predicted octanol–water partition coefficient (Wildman–Crippen LogP) is 1.92. The number of aliphatic hydroxyl groups excluding tert-OH is 1. The van der Waals surface area contributed by atoms with Gasteiger partial charge in [0.05, 0.1) is 12.5 Å². The van der Waals surface area contributed by atoms with E-state index < -0.39 is 29.6 Å². The van der Waals surface area contributed by atoms with Crippen molar-refractivity contribution in [1.29, 1.82) is 0 Å². The molecule has 5 N–H and O–H groups in total. The molecule has 1 atom stereocenters. The maximum atomic E-state index is 13.3. The summed E-state index contributed by atoms with van der Waals surface area (Å²) in [5.74, 6) is -4.39. The molecule has 2 aromatic carbocycles. The van der Waals surface area contributed by atoms with Crippen molar-refractivity contribution in [2.45, 2.75) is 18.9 Å². The number of hydrogen-bond donors (Lipinski definition) is 4. The highest BCUT2D eigenvalue weighted by Crippen LogP contribution is 2.21. The van der Waals surface area contributed by atoms with Gasteiger partial charge < -0.3 is 21.3 Å². The second-order valence-electron chi connectivity index (χ2n) is 6.11. The third-order valence-electron chi connectivity index (χ3n) is 3.86. The van der Waals surface area contributed by atoms with Crippen LogP contribution in [0.25, 0.3) is 11.1 Å². The number of carbonyl (C=O) groups is 3. The van der Waals surface area contributed by atoms with E-state index in [9.17, 15) is 23.9 Å². The molecule has 0 aliphatic heterocycles. The number of carbonyl (C=O) groups excluding carboxylic acids is 2. The van der Waals surface area contributed by atoms with Crippen LogP contribution in [0.2, 0.25) is 0 Å². The van der Waals surface area contributed by atoms with Crippen molar-refractivity contribution in [2.24, 2.45) is 5.73 Å². The maximum Gasteiger partial charge on any atom is 0.305 e. The SMILES string of the molecule is NC(=O)/C=C(\O)C(=O)N[C@@H](CC(=O)O)Cc1ccc(-c2cccc(F)c2)cc1. The van der Waals surface area contributed by atoms with Crippen molar-refractivity contribution in [2.75, 3.05) is 0 Å². The minimum absolute atomic E-state index is 0.172. The fourth-order valence-electron chi connectivity index (χ4n) is 2.63. The van der Waals surface area contributed by atoms with Gasteiger partial charge in [0.25, 0.3) is 5.91 Å². The molecular weight excluding hydrogens is 367 g/mol. The first kappa shape index (κ1) is 20.6. The zero-order valence-corrected chi connectivity index (χ0v) is 14.8. The molecule has 2 amide bonds. The summed E-state index contributed by atoms with van der Waals surface area (Å²) in [5.41, 5.74) is 7.07. The fourth-order valence-corrected chi connectivity index (χ4v) is 2.63. The van der Waals surface area contributed by atoms with Gasteiger partial charge in [0.1, 0.15) is 5.82 Å². The highest BCUT2D eigenvalue weighted by atomic mass is 19.1. The van der Waals surface area contributed by atoms with E-state index in [2.05, 4.69) is 5.32 Å². The standard InChI is InChI=1S/C20H19FN2O5/c21-15-3-1-2-14(9-15)13-6-4-12(5-7-13)8-16(10-19(26)27)23-20(28)17(24)11-18(22)25/h1-7,9,11,16,24H,8,10H2,(H2,22,25)(H,23,28)(H,26,27)/b17-11-/t16-/m1/s1. The van der Waals surface area contributed by atoms with E-state index >= 15 is 0 Å². The molecule has 146 valence electrons. The lowest BCUT2D eigenvalue weighted by molar-refractivity contribution is -0.137. The third kappa shape index (κ3) is 6.24. The van der Waals surface area contributed by atoms with Gasteiger partial charge >= 0.3 is 5.97 Å². The molecular formula is C20H19FN2O5. The van der Waals surface area contributed by atoms with Gasteiger partial charge in [0.15, 0.2) is 5.76 Å². The number of carboxylic acids is 1. The lowest BCUT2D eigenvalue weighted by Crippen LogP contribution is -2.39. The normalized spacial score (nSPS) is 12.2. The quantitative estimate of drug-likeness (QED) is 0.407. The Bertz CT molecular complexity index is 909. The van der Waals surface area contributed by atoms with Gasteiger partial charge in [-0.25, -0.2) is 4.39 Å². The van der Waals surface area contributed by atoms with E-state index in [1.165, 1.54) is 12.1 Å². The van der Waals surface area contributed by atoms with Crippen molar-refractivity contribution in [3.05, 3.63) is 71.7 Å². The Morgan fingerprint density at radius 2 is 1.75 bits per heavy atom. The van der Waals surface area contributed by atoms with Crippen LogP contribution in [0.4, 0.5) is 4.39 Å².